The van der Waals surface area contributed by atoms with Crippen molar-refractivity contribution in [2.24, 2.45) is 0 Å². The largest absolute Gasteiger partial charge is 0.350 e. The molecule has 11 heavy (non-hydrogen) atoms. The van der Waals surface area contributed by atoms with Gasteiger partial charge in [-0.05, 0) is 0 Å². The van der Waals surface area contributed by atoms with Crippen molar-refractivity contribution >= 4 is 29.9 Å². The molecular formula is C6H8N2OS2. The van der Waals surface area contributed by atoms with Crippen LogP contribution in [0, 0.1) is 0 Å². The Morgan fingerprint density at radius 2 is 2.64 bits per heavy atom. The number of carbonyl (C=O) groups excluding carboxylic acids is 1. The predicted molar refractivity (Wildman–Crippen MR) is 48.3 cm³/mol. The first-order chi connectivity index (χ1) is 5.34. The van der Waals surface area contributed by atoms with Crippen LogP contribution in [0.3, 0.4) is 0 Å². The molecule has 0 aliphatic carbocycles. The molecule has 0 saturated carbocycles. The summed E-state index contributed by atoms with van der Waals surface area (Å²) in [6, 6.07) is 0. The number of hydrogen-bond donors (Lipinski definition) is 2. The lowest BCUT2D eigenvalue weighted by Crippen LogP contribution is -2.25. The van der Waals surface area contributed by atoms with Crippen LogP contribution in [-0.4, -0.2) is 23.2 Å². The summed E-state index contributed by atoms with van der Waals surface area (Å²) in [5.41, 5.74) is 2.12. The minimum Gasteiger partial charge on any atom is -0.350 e. The van der Waals surface area contributed by atoms with Gasteiger partial charge in [-0.2, -0.15) is 12.6 Å². The summed E-state index contributed by atoms with van der Waals surface area (Å²) >= 11 is 5.37. The normalized spacial score (nSPS) is 9.55. The van der Waals surface area contributed by atoms with E-state index in [-0.39, 0.29) is 5.91 Å². The first-order valence-electron chi connectivity index (χ1n) is 3.12. The van der Waals surface area contributed by atoms with Gasteiger partial charge in [-0.3, -0.25) is 4.79 Å². The molecule has 0 atom stereocenters. The molecule has 0 aliphatic heterocycles. The van der Waals surface area contributed by atoms with Crippen LogP contribution in [0.2, 0.25) is 0 Å². The van der Waals surface area contributed by atoms with Gasteiger partial charge in [0.05, 0.1) is 5.51 Å². The number of carbonyl (C=O) groups is 1. The third-order valence-electron chi connectivity index (χ3n) is 1.06. The first-order valence-corrected chi connectivity index (χ1v) is 4.69. The van der Waals surface area contributed by atoms with E-state index in [4.69, 9.17) is 0 Å². The highest BCUT2D eigenvalue weighted by atomic mass is 32.1. The summed E-state index contributed by atoms with van der Waals surface area (Å²) in [5.74, 6) is 0.524. The first kappa shape index (κ1) is 8.55. The van der Waals surface area contributed by atoms with E-state index < -0.39 is 0 Å². The van der Waals surface area contributed by atoms with Crippen LogP contribution in [0.1, 0.15) is 10.5 Å². The fourth-order valence-electron chi connectivity index (χ4n) is 0.585. The Bertz CT molecular complexity index is 222. The molecule has 0 aromatic carbocycles. The van der Waals surface area contributed by atoms with Crippen LogP contribution >= 0.6 is 24.0 Å². The van der Waals surface area contributed by atoms with E-state index in [1.807, 2.05) is 0 Å². The number of aromatic nitrogens is 1. The minimum absolute atomic E-state index is 0.125. The maximum Gasteiger partial charge on any atom is 0.270 e. The van der Waals surface area contributed by atoms with E-state index in [1.165, 1.54) is 11.3 Å². The molecule has 0 radical (unpaired) electrons. The summed E-state index contributed by atoms with van der Waals surface area (Å²) in [7, 11) is 0. The summed E-state index contributed by atoms with van der Waals surface area (Å²) in [6.07, 6.45) is 0. The number of thiol groups is 1. The molecule has 0 spiro atoms. The summed E-state index contributed by atoms with van der Waals surface area (Å²) < 4.78 is 0. The fraction of sp³-hybridized carbons (Fsp3) is 0.333. The van der Waals surface area contributed by atoms with E-state index in [0.717, 1.165) is 0 Å². The third-order valence-corrected chi connectivity index (χ3v) is 1.87. The second-order valence-electron chi connectivity index (χ2n) is 1.85. The number of rotatable bonds is 3. The highest BCUT2D eigenvalue weighted by Gasteiger charge is 2.04. The quantitative estimate of drug-likeness (QED) is 0.689. The van der Waals surface area contributed by atoms with Crippen LogP contribution < -0.4 is 5.32 Å². The van der Waals surface area contributed by atoms with E-state index in [9.17, 15) is 4.79 Å². The molecule has 0 unspecified atom stereocenters. The minimum atomic E-state index is -0.125. The zero-order valence-corrected chi connectivity index (χ0v) is 7.49. The van der Waals surface area contributed by atoms with E-state index in [1.54, 1.807) is 10.9 Å². The summed E-state index contributed by atoms with van der Waals surface area (Å²) in [5, 5.41) is 4.38. The second-order valence-corrected chi connectivity index (χ2v) is 3.02. The van der Waals surface area contributed by atoms with Gasteiger partial charge in [0.2, 0.25) is 0 Å². The molecule has 3 nitrogen and oxygen atoms in total. The molecule has 0 fully saturated rings. The number of amides is 1. The van der Waals surface area contributed by atoms with Gasteiger partial charge < -0.3 is 5.32 Å². The fourth-order valence-corrected chi connectivity index (χ4v) is 1.23. The van der Waals surface area contributed by atoms with Gasteiger partial charge in [-0.15, -0.1) is 11.3 Å². The molecule has 5 heteroatoms. The Labute approximate surface area is 74.3 Å². The van der Waals surface area contributed by atoms with Crippen molar-refractivity contribution in [3.05, 3.63) is 16.6 Å². The van der Waals surface area contributed by atoms with Crippen LogP contribution in [0.4, 0.5) is 0 Å². The number of thiazole rings is 1. The lowest BCUT2D eigenvalue weighted by atomic mass is 10.4. The average molecular weight is 188 g/mol. The smallest absolute Gasteiger partial charge is 0.270 e. The van der Waals surface area contributed by atoms with Gasteiger partial charge in [0.1, 0.15) is 5.69 Å². The van der Waals surface area contributed by atoms with E-state index in [2.05, 4.69) is 22.9 Å². The molecule has 0 saturated heterocycles. The maximum atomic E-state index is 11.1. The van der Waals surface area contributed by atoms with Gasteiger partial charge >= 0.3 is 0 Å². The second kappa shape index (κ2) is 4.35. The Hall–Kier alpha value is -0.550. The van der Waals surface area contributed by atoms with Crippen LogP contribution in [0.5, 0.6) is 0 Å². The SMILES string of the molecule is O=C(NCCS)c1cscn1. The Morgan fingerprint density at radius 1 is 1.82 bits per heavy atom. The molecule has 1 amide bonds. The van der Waals surface area contributed by atoms with Crippen LogP contribution in [-0.2, 0) is 0 Å². The van der Waals surface area contributed by atoms with Crippen molar-refractivity contribution < 1.29 is 4.79 Å². The zero-order chi connectivity index (χ0) is 8.10. The van der Waals surface area contributed by atoms with E-state index in [0.29, 0.717) is 18.0 Å². The Kier molecular flexibility index (Phi) is 3.38. The van der Waals surface area contributed by atoms with Gasteiger partial charge in [0, 0.05) is 17.7 Å². The summed E-state index contributed by atoms with van der Waals surface area (Å²) in [6.45, 7) is 0.583. The molecule has 0 bridgehead atoms. The molecule has 0 aliphatic rings. The monoisotopic (exact) mass is 188 g/mol. The molecule has 1 rings (SSSR count). The van der Waals surface area contributed by atoms with Gasteiger partial charge in [0.15, 0.2) is 0 Å². The van der Waals surface area contributed by atoms with Crippen molar-refractivity contribution in [3.8, 4) is 0 Å². The summed E-state index contributed by atoms with van der Waals surface area (Å²) in [4.78, 5) is 14.9. The highest BCUT2D eigenvalue weighted by molar-refractivity contribution is 7.80. The molecule has 1 aromatic heterocycles. The van der Waals surface area contributed by atoms with Crippen molar-refractivity contribution in [1.29, 1.82) is 0 Å². The standard InChI is InChI=1S/C6H8N2OS2/c9-6(7-1-2-10)5-3-11-4-8-5/h3-4,10H,1-2H2,(H,7,9). The highest BCUT2D eigenvalue weighted by Crippen LogP contribution is 1.99. The molecule has 1 aromatic rings. The number of nitrogens with zero attached hydrogens (tertiary/aromatic N) is 1. The third kappa shape index (κ3) is 2.51. The van der Waals surface area contributed by atoms with Crippen LogP contribution in [0.15, 0.2) is 10.9 Å². The van der Waals surface area contributed by atoms with Crippen molar-refractivity contribution in [3.63, 3.8) is 0 Å². The van der Waals surface area contributed by atoms with Crippen molar-refractivity contribution in [2.75, 3.05) is 12.3 Å². The van der Waals surface area contributed by atoms with Crippen molar-refractivity contribution in [1.82, 2.24) is 10.3 Å². The van der Waals surface area contributed by atoms with Crippen LogP contribution in [0.25, 0.3) is 0 Å². The number of hydrogen-bond acceptors (Lipinski definition) is 4. The Morgan fingerprint density at radius 3 is 3.18 bits per heavy atom. The molecule has 1 heterocycles. The molecule has 1 N–H and O–H groups in total. The lowest BCUT2D eigenvalue weighted by Gasteiger charge is -1.97. The van der Waals surface area contributed by atoms with Gasteiger partial charge in [-0.1, -0.05) is 0 Å². The molecule has 60 valence electrons. The number of nitrogens with one attached hydrogen (secondary N) is 1. The zero-order valence-electron chi connectivity index (χ0n) is 5.78. The average Bonchev–Trinajstić information content (AvgIpc) is 2.52. The topological polar surface area (TPSA) is 42.0 Å². The maximum absolute atomic E-state index is 11.1. The lowest BCUT2D eigenvalue weighted by molar-refractivity contribution is 0.0952. The molecular weight excluding hydrogens is 180 g/mol. The van der Waals surface area contributed by atoms with Gasteiger partial charge in [0.25, 0.3) is 5.91 Å². The van der Waals surface area contributed by atoms with Gasteiger partial charge in [-0.25, -0.2) is 4.98 Å². The van der Waals surface area contributed by atoms with E-state index >= 15 is 0 Å². The van der Waals surface area contributed by atoms with Crippen molar-refractivity contribution in [2.45, 2.75) is 0 Å². The Balaban J connectivity index is 2.43. The predicted octanol–water partition coefficient (Wildman–Crippen LogP) is 0.803.